The van der Waals surface area contributed by atoms with Gasteiger partial charge in [-0.1, -0.05) is 12.1 Å². The average molecular weight is 279 g/mol. The SMILES string of the molecule is O=C(Nc1cccc(-n2cccc2)c1)c1cccc(=O)[nH]1. The molecule has 104 valence electrons. The standard InChI is InChI=1S/C16H13N3O2/c20-15-8-4-7-14(18-15)16(21)17-12-5-3-6-13(11-12)19-9-1-2-10-19/h1-11H,(H,17,21)(H,18,20). The monoisotopic (exact) mass is 279 g/mol. The second-order valence-electron chi connectivity index (χ2n) is 4.52. The average Bonchev–Trinajstić information content (AvgIpc) is 3.02. The van der Waals surface area contributed by atoms with Crippen LogP contribution in [-0.2, 0) is 0 Å². The number of nitrogens with one attached hydrogen (secondary N) is 2. The number of nitrogens with zero attached hydrogens (tertiary/aromatic N) is 1. The van der Waals surface area contributed by atoms with Crippen molar-refractivity contribution in [2.75, 3.05) is 5.32 Å². The van der Waals surface area contributed by atoms with E-state index in [9.17, 15) is 9.59 Å². The molecule has 3 aromatic rings. The Labute approximate surface area is 120 Å². The van der Waals surface area contributed by atoms with Crippen LogP contribution in [0.15, 0.2) is 71.8 Å². The van der Waals surface area contributed by atoms with Crippen molar-refractivity contribution in [2.45, 2.75) is 0 Å². The number of rotatable bonds is 3. The van der Waals surface area contributed by atoms with Gasteiger partial charge in [0.15, 0.2) is 0 Å². The zero-order valence-corrected chi connectivity index (χ0v) is 11.1. The maximum atomic E-state index is 12.1. The minimum atomic E-state index is -0.350. The molecule has 0 atom stereocenters. The molecule has 0 unspecified atom stereocenters. The topological polar surface area (TPSA) is 66.9 Å². The Hall–Kier alpha value is -3.08. The molecule has 3 rings (SSSR count). The summed E-state index contributed by atoms with van der Waals surface area (Å²) in [7, 11) is 0. The second-order valence-corrected chi connectivity index (χ2v) is 4.52. The zero-order chi connectivity index (χ0) is 14.7. The summed E-state index contributed by atoms with van der Waals surface area (Å²) < 4.78 is 1.94. The summed E-state index contributed by atoms with van der Waals surface area (Å²) in [6, 6.07) is 15.8. The number of carbonyl (C=O) groups is 1. The van der Waals surface area contributed by atoms with Crippen molar-refractivity contribution >= 4 is 11.6 Å². The molecular weight excluding hydrogens is 266 g/mol. The van der Waals surface area contributed by atoms with Crippen LogP contribution in [0.4, 0.5) is 5.69 Å². The maximum absolute atomic E-state index is 12.1. The Morgan fingerprint density at radius 2 is 1.76 bits per heavy atom. The van der Waals surface area contributed by atoms with E-state index in [0.717, 1.165) is 5.69 Å². The summed E-state index contributed by atoms with van der Waals surface area (Å²) in [5.74, 6) is -0.350. The molecule has 1 amide bonds. The van der Waals surface area contributed by atoms with E-state index in [2.05, 4.69) is 10.3 Å². The van der Waals surface area contributed by atoms with Gasteiger partial charge in [0.1, 0.15) is 5.69 Å². The Morgan fingerprint density at radius 1 is 1.00 bits per heavy atom. The summed E-state index contributed by atoms with van der Waals surface area (Å²) in [4.78, 5) is 25.8. The first kappa shape index (κ1) is 12.9. The van der Waals surface area contributed by atoms with E-state index in [1.807, 2.05) is 47.3 Å². The number of H-pyrrole nitrogens is 1. The van der Waals surface area contributed by atoms with Crippen LogP contribution in [0.2, 0.25) is 0 Å². The lowest BCUT2D eigenvalue weighted by Gasteiger charge is -2.08. The molecule has 2 aromatic heterocycles. The number of anilines is 1. The number of benzene rings is 1. The molecular formula is C16H13N3O2. The quantitative estimate of drug-likeness (QED) is 0.773. The van der Waals surface area contributed by atoms with Crippen molar-refractivity contribution < 1.29 is 4.79 Å². The third-order valence-electron chi connectivity index (χ3n) is 3.02. The van der Waals surface area contributed by atoms with Crippen LogP contribution in [-0.4, -0.2) is 15.5 Å². The summed E-state index contributed by atoms with van der Waals surface area (Å²) in [5.41, 5.74) is 1.54. The normalized spacial score (nSPS) is 10.3. The van der Waals surface area contributed by atoms with Crippen LogP contribution in [0.25, 0.3) is 5.69 Å². The van der Waals surface area contributed by atoms with E-state index in [1.54, 1.807) is 18.2 Å². The first-order valence-corrected chi connectivity index (χ1v) is 6.46. The molecule has 21 heavy (non-hydrogen) atoms. The van der Waals surface area contributed by atoms with E-state index in [4.69, 9.17) is 0 Å². The lowest BCUT2D eigenvalue weighted by Crippen LogP contribution is -2.17. The molecule has 0 spiro atoms. The van der Waals surface area contributed by atoms with E-state index >= 15 is 0 Å². The van der Waals surface area contributed by atoms with Gasteiger partial charge in [0.25, 0.3) is 5.91 Å². The summed E-state index contributed by atoms with van der Waals surface area (Å²) in [6.07, 6.45) is 3.85. The number of amides is 1. The Kier molecular flexibility index (Phi) is 3.39. The Morgan fingerprint density at radius 3 is 2.52 bits per heavy atom. The van der Waals surface area contributed by atoms with Gasteiger partial charge < -0.3 is 14.9 Å². The van der Waals surface area contributed by atoms with Crippen LogP contribution in [0.1, 0.15) is 10.5 Å². The van der Waals surface area contributed by atoms with E-state index < -0.39 is 0 Å². The molecule has 0 radical (unpaired) electrons. The molecule has 0 fully saturated rings. The number of carbonyl (C=O) groups excluding carboxylic acids is 1. The first-order chi connectivity index (χ1) is 10.2. The molecule has 2 N–H and O–H groups in total. The molecule has 1 aromatic carbocycles. The van der Waals surface area contributed by atoms with E-state index in [0.29, 0.717) is 5.69 Å². The predicted octanol–water partition coefficient (Wildman–Crippen LogP) is 2.42. The smallest absolute Gasteiger partial charge is 0.272 e. The highest BCUT2D eigenvalue weighted by Gasteiger charge is 2.07. The van der Waals surface area contributed by atoms with Crippen molar-refractivity contribution in [3.8, 4) is 5.69 Å². The zero-order valence-electron chi connectivity index (χ0n) is 11.1. The van der Waals surface area contributed by atoms with Gasteiger partial charge in [-0.15, -0.1) is 0 Å². The summed E-state index contributed by atoms with van der Waals surface area (Å²) in [6.45, 7) is 0. The molecule has 0 saturated heterocycles. The minimum Gasteiger partial charge on any atom is -0.324 e. The van der Waals surface area contributed by atoms with Crippen molar-refractivity contribution in [2.24, 2.45) is 0 Å². The van der Waals surface area contributed by atoms with Crippen molar-refractivity contribution in [3.63, 3.8) is 0 Å². The van der Waals surface area contributed by atoms with Crippen LogP contribution in [0.5, 0.6) is 0 Å². The lowest BCUT2D eigenvalue weighted by molar-refractivity contribution is 0.102. The fourth-order valence-electron chi connectivity index (χ4n) is 2.03. The van der Waals surface area contributed by atoms with Gasteiger partial charge in [0.05, 0.1) is 0 Å². The fourth-order valence-corrected chi connectivity index (χ4v) is 2.03. The van der Waals surface area contributed by atoms with Gasteiger partial charge in [-0.3, -0.25) is 9.59 Å². The fraction of sp³-hybridized carbons (Fsp3) is 0. The van der Waals surface area contributed by atoms with Crippen LogP contribution in [0.3, 0.4) is 0 Å². The molecule has 5 heteroatoms. The van der Waals surface area contributed by atoms with Crippen LogP contribution < -0.4 is 10.9 Å². The number of aromatic amines is 1. The Balaban J connectivity index is 1.84. The third-order valence-corrected chi connectivity index (χ3v) is 3.02. The van der Waals surface area contributed by atoms with Gasteiger partial charge in [0, 0.05) is 29.8 Å². The minimum absolute atomic E-state index is 0.230. The molecule has 2 heterocycles. The number of pyridine rings is 1. The molecule has 0 aliphatic heterocycles. The van der Waals surface area contributed by atoms with Gasteiger partial charge >= 0.3 is 0 Å². The number of aromatic nitrogens is 2. The highest BCUT2D eigenvalue weighted by molar-refractivity contribution is 6.02. The van der Waals surface area contributed by atoms with Gasteiger partial charge in [0.2, 0.25) is 5.56 Å². The van der Waals surface area contributed by atoms with E-state index in [1.165, 1.54) is 6.07 Å². The van der Waals surface area contributed by atoms with Gasteiger partial charge in [-0.25, -0.2) is 0 Å². The number of hydrogen-bond acceptors (Lipinski definition) is 2. The molecule has 5 nitrogen and oxygen atoms in total. The van der Waals surface area contributed by atoms with Crippen molar-refractivity contribution in [1.29, 1.82) is 0 Å². The van der Waals surface area contributed by atoms with Crippen molar-refractivity contribution in [3.05, 3.63) is 83.0 Å². The van der Waals surface area contributed by atoms with Crippen LogP contribution >= 0.6 is 0 Å². The highest BCUT2D eigenvalue weighted by Crippen LogP contribution is 2.15. The largest absolute Gasteiger partial charge is 0.324 e. The third kappa shape index (κ3) is 2.92. The summed E-state index contributed by atoms with van der Waals surface area (Å²) >= 11 is 0. The molecule has 0 aliphatic rings. The number of hydrogen-bond donors (Lipinski definition) is 2. The predicted molar refractivity (Wildman–Crippen MR) is 80.8 cm³/mol. The first-order valence-electron chi connectivity index (χ1n) is 6.46. The molecule has 0 bridgehead atoms. The maximum Gasteiger partial charge on any atom is 0.272 e. The summed E-state index contributed by atoms with van der Waals surface area (Å²) in [5, 5.41) is 2.77. The highest BCUT2D eigenvalue weighted by atomic mass is 16.2. The molecule has 0 aliphatic carbocycles. The van der Waals surface area contributed by atoms with Crippen LogP contribution in [0, 0.1) is 0 Å². The second kappa shape index (κ2) is 5.50. The Bertz CT molecular complexity index is 819. The van der Waals surface area contributed by atoms with E-state index in [-0.39, 0.29) is 17.2 Å². The van der Waals surface area contributed by atoms with Gasteiger partial charge in [-0.2, -0.15) is 0 Å². The molecule has 0 saturated carbocycles. The van der Waals surface area contributed by atoms with Gasteiger partial charge in [-0.05, 0) is 36.4 Å². The lowest BCUT2D eigenvalue weighted by atomic mass is 10.2. The van der Waals surface area contributed by atoms with Crippen molar-refractivity contribution in [1.82, 2.24) is 9.55 Å².